The summed E-state index contributed by atoms with van der Waals surface area (Å²) < 4.78 is 10.8. The van der Waals surface area contributed by atoms with Crippen LogP contribution in [0.15, 0.2) is 35.3 Å². The molecular weight excluding hydrogens is 650 g/mol. The number of nitrogens with zero attached hydrogens (tertiary/aromatic N) is 1. The number of amides is 4. The molecule has 0 fully saturated rings. The molecule has 0 saturated carbocycles. The number of carbonyl (C=O) groups excluding carboxylic acids is 5. The van der Waals surface area contributed by atoms with Crippen molar-refractivity contribution in [3.05, 3.63) is 35.9 Å². The Morgan fingerprint density at radius 1 is 0.740 bits per heavy atom. The number of carboxylic acids is 1. The summed E-state index contributed by atoms with van der Waals surface area (Å²) in [5, 5.41) is 19.7. The zero-order valence-corrected chi connectivity index (χ0v) is 30.2. The lowest BCUT2D eigenvalue weighted by Gasteiger charge is -2.27. The molecule has 0 aliphatic carbocycles. The average Bonchev–Trinajstić information content (AvgIpc) is 2.98. The minimum Gasteiger partial charge on any atom is -0.481 e. The van der Waals surface area contributed by atoms with E-state index in [9.17, 15) is 33.9 Å². The first-order chi connectivity index (χ1) is 23.2. The summed E-state index contributed by atoms with van der Waals surface area (Å²) in [7, 11) is 0. The number of nitrogens with two attached hydrogens (primary N) is 2. The van der Waals surface area contributed by atoms with Gasteiger partial charge in [-0.1, -0.05) is 50.1 Å². The van der Waals surface area contributed by atoms with E-state index in [1.165, 1.54) is 0 Å². The normalized spacial score (nSPS) is 13.7. The van der Waals surface area contributed by atoms with Crippen LogP contribution in [0.4, 0.5) is 4.79 Å². The predicted octanol–water partition coefficient (Wildman–Crippen LogP) is 1.64. The lowest BCUT2D eigenvalue weighted by atomic mass is 10.0. The molecule has 1 aromatic rings. The Morgan fingerprint density at radius 3 is 1.80 bits per heavy atom. The summed E-state index contributed by atoms with van der Waals surface area (Å²) in [6.45, 7) is 12.1. The summed E-state index contributed by atoms with van der Waals surface area (Å²) in [5.41, 5.74) is 9.79. The van der Waals surface area contributed by atoms with Crippen LogP contribution in [0.25, 0.3) is 0 Å². The number of guanidine groups is 1. The third-order valence-corrected chi connectivity index (χ3v) is 6.73. The number of carboxylic acid groups (broad SMARTS) is 1. The fourth-order valence-electron chi connectivity index (χ4n) is 4.51. The van der Waals surface area contributed by atoms with Gasteiger partial charge in [-0.25, -0.2) is 9.59 Å². The number of carbonyl (C=O) groups is 6. The van der Waals surface area contributed by atoms with Crippen molar-refractivity contribution in [1.82, 2.24) is 21.3 Å². The molecule has 9 N–H and O–H groups in total. The molecule has 0 radical (unpaired) electrons. The zero-order chi connectivity index (χ0) is 38.1. The van der Waals surface area contributed by atoms with Gasteiger partial charge in [0.2, 0.25) is 17.7 Å². The third-order valence-electron chi connectivity index (χ3n) is 6.73. The summed E-state index contributed by atoms with van der Waals surface area (Å²) in [4.78, 5) is 82.0. The number of hydrogen-bond donors (Lipinski definition) is 7. The number of unbranched alkanes of at least 4 members (excludes halogenated alkanes) is 1. The molecule has 0 aliphatic rings. The van der Waals surface area contributed by atoms with E-state index >= 15 is 0 Å². The van der Waals surface area contributed by atoms with Crippen LogP contribution in [0.1, 0.15) is 92.6 Å². The molecule has 0 aromatic heterocycles. The van der Waals surface area contributed by atoms with Crippen LogP contribution < -0.4 is 32.7 Å². The maximum absolute atomic E-state index is 13.6. The van der Waals surface area contributed by atoms with E-state index in [2.05, 4.69) is 26.3 Å². The highest BCUT2D eigenvalue weighted by Gasteiger charge is 2.34. The molecule has 4 amide bonds. The van der Waals surface area contributed by atoms with Crippen molar-refractivity contribution in [3.8, 4) is 0 Å². The topological polar surface area (TPSA) is 254 Å². The van der Waals surface area contributed by atoms with Gasteiger partial charge in [0.05, 0.1) is 6.42 Å². The molecule has 280 valence electrons. The number of aliphatic carboxylic acids is 1. The van der Waals surface area contributed by atoms with Crippen molar-refractivity contribution in [1.29, 1.82) is 0 Å². The van der Waals surface area contributed by atoms with Gasteiger partial charge in [0, 0.05) is 13.0 Å². The second-order valence-corrected chi connectivity index (χ2v) is 13.8. The van der Waals surface area contributed by atoms with E-state index in [-0.39, 0.29) is 38.2 Å². The Labute approximate surface area is 293 Å². The lowest BCUT2D eigenvalue weighted by molar-refractivity contribution is -0.159. The fraction of sp³-hybridized carbons (Fsp3) is 0.618. The molecule has 0 aliphatic heterocycles. The van der Waals surface area contributed by atoms with Gasteiger partial charge in [-0.05, 0) is 66.4 Å². The molecule has 1 aromatic carbocycles. The number of rotatable bonds is 19. The van der Waals surface area contributed by atoms with Crippen molar-refractivity contribution in [2.24, 2.45) is 16.5 Å². The van der Waals surface area contributed by atoms with Crippen molar-refractivity contribution in [2.75, 3.05) is 6.54 Å². The van der Waals surface area contributed by atoms with Crippen LogP contribution in [-0.2, 0) is 39.9 Å². The first-order valence-electron chi connectivity index (χ1n) is 16.6. The molecule has 50 heavy (non-hydrogen) atoms. The maximum Gasteiger partial charge on any atom is 0.408 e. The molecule has 0 saturated heterocycles. The Hall–Kier alpha value is -4.89. The Bertz CT molecular complexity index is 1320. The van der Waals surface area contributed by atoms with Gasteiger partial charge in [0.25, 0.3) is 0 Å². The van der Waals surface area contributed by atoms with Crippen LogP contribution in [0.2, 0.25) is 0 Å². The molecule has 0 unspecified atom stereocenters. The molecule has 1 rings (SSSR count). The molecular formula is C34H55N7O9. The van der Waals surface area contributed by atoms with Gasteiger partial charge in [-0.2, -0.15) is 0 Å². The summed E-state index contributed by atoms with van der Waals surface area (Å²) in [5.74, 6) is -4.82. The van der Waals surface area contributed by atoms with Gasteiger partial charge in [-0.15, -0.1) is 0 Å². The summed E-state index contributed by atoms with van der Waals surface area (Å²) >= 11 is 0. The Kier molecular flexibility index (Phi) is 17.8. The van der Waals surface area contributed by atoms with Crippen LogP contribution in [0.5, 0.6) is 0 Å². The van der Waals surface area contributed by atoms with Crippen LogP contribution in [0.3, 0.4) is 0 Å². The van der Waals surface area contributed by atoms with Crippen molar-refractivity contribution in [3.63, 3.8) is 0 Å². The van der Waals surface area contributed by atoms with Crippen molar-refractivity contribution < 1.29 is 43.3 Å². The van der Waals surface area contributed by atoms with Gasteiger partial charge in [0.15, 0.2) is 5.96 Å². The number of hydrogen-bond acceptors (Lipinski definition) is 9. The van der Waals surface area contributed by atoms with E-state index < -0.39 is 77.5 Å². The molecule has 16 heteroatoms. The van der Waals surface area contributed by atoms with Gasteiger partial charge < -0.3 is 47.3 Å². The standard InChI is InChI=1S/C34H55N7O9/c1-8-9-16-23(30(47)49-33(2,3)4)39-27(44)22(17-13-18-37-31(35)36)38-29(46)25(20-26(42)43)40-28(45)24(19-21-14-11-10-12-15-21)41-32(48)50-34(5,6)7/h10-12,14-15,22-25H,8-9,13,16-20H2,1-7H3,(H,38,46)(H,39,44)(H,40,45)(H,41,48)(H,42,43)(H4,35,36,37)/t22-,23-,24-,25-/m0/s1. The first kappa shape index (κ1) is 43.1. The van der Waals surface area contributed by atoms with Crippen LogP contribution in [0, 0.1) is 0 Å². The second kappa shape index (κ2) is 20.6. The van der Waals surface area contributed by atoms with E-state index in [0.717, 1.165) is 6.42 Å². The maximum atomic E-state index is 13.6. The first-order valence-corrected chi connectivity index (χ1v) is 16.6. The predicted molar refractivity (Wildman–Crippen MR) is 187 cm³/mol. The highest BCUT2D eigenvalue weighted by Crippen LogP contribution is 2.13. The third kappa shape index (κ3) is 18.6. The quantitative estimate of drug-likeness (QED) is 0.0471. The number of esters is 1. The number of nitrogens with one attached hydrogen (secondary N) is 4. The van der Waals surface area contributed by atoms with Crippen molar-refractivity contribution >= 4 is 41.7 Å². The van der Waals surface area contributed by atoms with E-state index in [1.54, 1.807) is 71.9 Å². The SMILES string of the molecule is CCCC[C@H](NC(=O)[C@H](CCCN=C(N)N)NC(=O)[C@H](CC(=O)O)NC(=O)[C@H](Cc1ccccc1)NC(=O)OC(C)(C)C)C(=O)OC(C)(C)C. The van der Waals surface area contributed by atoms with Crippen molar-refractivity contribution in [2.45, 2.75) is 129 Å². The van der Waals surface area contributed by atoms with Gasteiger partial charge >= 0.3 is 18.0 Å². The minimum absolute atomic E-state index is 0.00621. The smallest absolute Gasteiger partial charge is 0.408 e. The highest BCUT2D eigenvalue weighted by molar-refractivity contribution is 5.96. The highest BCUT2D eigenvalue weighted by atomic mass is 16.6. The molecule has 0 heterocycles. The van der Waals surface area contributed by atoms with Gasteiger partial charge in [-0.3, -0.25) is 24.2 Å². The van der Waals surface area contributed by atoms with E-state index in [1.807, 2.05) is 6.92 Å². The Balaban J connectivity index is 3.32. The minimum atomic E-state index is -1.66. The van der Waals surface area contributed by atoms with Crippen LogP contribution >= 0.6 is 0 Å². The number of aliphatic imine (C=N–C) groups is 1. The number of ether oxygens (including phenoxy) is 2. The molecule has 4 atom stereocenters. The van der Waals surface area contributed by atoms with E-state index in [0.29, 0.717) is 12.0 Å². The number of alkyl carbamates (subject to hydrolysis) is 1. The second-order valence-electron chi connectivity index (χ2n) is 13.8. The molecule has 16 nitrogen and oxygen atoms in total. The monoisotopic (exact) mass is 705 g/mol. The average molecular weight is 706 g/mol. The van der Waals surface area contributed by atoms with Crippen LogP contribution in [-0.4, -0.2) is 88.7 Å². The Morgan fingerprint density at radius 2 is 1.26 bits per heavy atom. The summed E-state index contributed by atoms with van der Waals surface area (Å²) in [6.07, 6.45) is 0.0716. The lowest BCUT2D eigenvalue weighted by Crippen LogP contribution is -2.58. The van der Waals surface area contributed by atoms with Gasteiger partial charge in [0.1, 0.15) is 35.4 Å². The molecule has 0 bridgehead atoms. The number of benzene rings is 1. The van der Waals surface area contributed by atoms with E-state index in [4.69, 9.17) is 20.9 Å². The largest absolute Gasteiger partial charge is 0.481 e. The fourth-order valence-corrected chi connectivity index (χ4v) is 4.51. The molecule has 0 spiro atoms. The summed E-state index contributed by atoms with van der Waals surface area (Å²) in [6, 6.07) is 3.50. The zero-order valence-electron chi connectivity index (χ0n) is 30.2.